The smallest absolute Gasteiger partial charge is 0.243 e. The second-order valence-electron chi connectivity index (χ2n) is 3.70. The Hall–Kier alpha value is -0.990. The molecule has 0 aromatic heterocycles. The van der Waals surface area contributed by atoms with Crippen molar-refractivity contribution >= 4 is 5.91 Å². The zero-order valence-corrected chi connectivity index (χ0v) is 9.44. The summed E-state index contributed by atoms with van der Waals surface area (Å²) in [7, 11) is 1.30. The third kappa shape index (κ3) is 3.24. The molecule has 0 aromatic carbocycles. The van der Waals surface area contributed by atoms with Gasteiger partial charge < -0.3 is 30.1 Å². The fourth-order valence-corrected chi connectivity index (χ4v) is 1.55. The van der Waals surface area contributed by atoms with E-state index in [1.807, 2.05) is 0 Å². The Bertz CT molecular complexity index is 282. The van der Waals surface area contributed by atoms with E-state index >= 15 is 0 Å². The van der Waals surface area contributed by atoms with Crippen LogP contribution in [0.4, 0.5) is 0 Å². The van der Waals surface area contributed by atoms with Crippen LogP contribution < -0.4 is 5.32 Å². The van der Waals surface area contributed by atoms with Crippen LogP contribution in [0, 0.1) is 0 Å². The standard InChI is InChI=1S/C10H17NO6/c1-3-6(12)11-4-5-7(13)8(14)9(15)10(16-2)17-5/h3,5,7-10,13-15H,1,4H2,2H3,(H,11,12)/t5?,7-,8?,9+,10-/m1/s1. The van der Waals surface area contributed by atoms with Crippen LogP contribution in [0.1, 0.15) is 0 Å². The fraction of sp³-hybridized carbons (Fsp3) is 0.700. The highest BCUT2D eigenvalue weighted by Gasteiger charge is 2.43. The first-order chi connectivity index (χ1) is 8.01. The Balaban J connectivity index is 2.59. The monoisotopic (exact) mass is 247 g/mol. The summed E-state index contributed by atoms with van der Waals surface area (Å²) in [4.78, 5) is 10.9. The van der Waals surface area contributed by atoms with Gasteiger partial charge in [0, 0.05) is 13.7 Å². The quantitative estimate of drug-likeness (QED) is 0.418. The van der Waals surface area contributed by atoms with Crippen LogP contribution >= 0.6 is 0 Å². The van der Waals surface area contributed by atoms with Gasteiger partial charge in [-0.3, -0.25) is 4.79 Å². The molecular weight excluding hydrogens is 230 g/mol. The van der Waals surface area contributed by atoms with Crippen LogP contribution in [0.5, 0.6) is 0 Å². The number of hydrogen-bond donors (Lipinski definition) is 4. The molecule has 0 aromatic rings. The van der Waals surface area contributed by atoms with Crippen molar-refractivity contribution < 1.29 is 29.6 Å². The van der Waals surface area contributed by atoms with E-state index in [2.05, 4.69) is 11.9 Å². The van der Waals surface area contributed by atoms with Gasteiger partial charge in [-0.1, -0.05) is 6.58 Å². The summed E-state index contributed by atoms with van der Waals surface area (Å²) in [5.74, 6) is -0.421. The third-order valence-electron chi connectivity index (χ3n) is 2.56. The average molecular weight is 247 g/mol. The molecule has 98 valence electrons. The molecule has 7 nitrogen and oxygen atoms in total. The Labute approximate surface area is 98.6 Å². The summed E-state index contributed by atoms with van der Waals surface area (Å²) in [6.07, 6.45) is -4.85. The van der Waals surface area contributed by atoms with Crippen LogP contribution in [-0.4, -0.2) is 65.6 Å². The molecule has 1 rings (SSSR count). The van der Waals surface area contributed by atoms with Gasteiger partial charge in [-0.25, -0.2) is 0 Å². The van der Waals surface area contributed by atoms with Gasteiger partial charge in [-0.15, -0.1) is 0 Å². The minimum absolute atomic E-state index is 0.0182. The van der Waals surface area contributed by atoms with E-state index in [-0.39, 0.29) is 6.54 Å². The molecule has 1 amide bonds. The Morgan fingerprint density at radius 3 is 2.59 bits per heavy atom. The van der Waals surface area contributed by atoms with E-state index in [4.69, 9.17) is 9.47 Å². The molecule has 0 spiro atoms. The van der Waals surface area contributed by atoms with Crippen LogP contribution in [0.2, 0.25) is 0 Å². The van der Waals surface area contributed by atoms with Crippen molar-refractivity contribution in [2.75, 3.05) is 13.7 Å². The van der Waals surface area contributed by atoms with Crippen LogP contribution in [0.25, 0.3) is 0 Å². The lowest BCUT2D eigenvalue weighted by Crippen LogP contribution is -2.60. The van der Waals surface area contributed by atoms with Crippen molar-refractivity contribution in [3.05, 3.63) is 12.7 Å². The van der Waals surface area contributed by atoms with Gasteiger partial charge in [0.2, 0.25) is 5.91 Å². The summed E-state index contributed by atoms with van der Waals surface area (Å²) in [6.45, 7) is 3.25. The van der Waals surface area contributed by atoms with Crippen molar-refractivity contribution in [2.45, 2.75) is 30.7 Å². The number of rotatable bonds is 4. The maximum Gasteiger partial charge on any atom is 0.243 e. The lowest BCUT2D eigenvalue weighted by molar-refractivity contribution is -0.288. The fourth-order valence-electron chi connectivity index (χ4n) is 1.55. The van der Waals surface area contributed by atoms with Crippen LogP contribution in [0.3, 0.4) is 0 Å². The van der Waals surface area contributed by atoms with Gasteiger partial charge in [0.15, 0.2) is 6.29 Å². The molecular formula is C10H17NO6. The van der Waals surface area contributed by atoms with Crippen molar-refractivity contribution in [1.82, 2.24) is 5.32 Å². The lowest BCUT2D eigenvalue weighted by Gasteiger charge is -2.39. The van der Waals surface area contributed by atoms with Crippen LogP contribution in [0.15, 0.2) is 12.7 Å². The second kappa shape index (κ2) is 6.08. The number of hydrogen-bond acceptors (Lipinski definition) is 6. The topological polar surface area (TPSA) is 108 Å². The normalized spacial score (nSPS) is 37.5. The maximum absolute atomic E-state index is 10.9. The SMILES string of the molecule is C=CC(=O)NCC1O[C@@H](OC)[C@@H](O)C(O)[C@@H]1O. The average Bonchev–Trinajstić information content (AvgIpc) is 2.34. The summed E-state index contributed by atoms with van der Waals surface area (Å²) >= 11 is 0. The lowest BCUT2D eigenvalue weighted by atomic mass is 9.99. The van der Waals surface area contributed by atoms with E-state index in [9.17, 15) is 20.1 Å². The van der Waals surface area contributed by atoms with Crippen molar-refractivity contribution in [3.63, 3.8) is 0 Å². The van der Waals surface area contributed by atoms with Gasteiger partial charge in [0.05, 0.1) is 0 Å². The molecule has 0 bridgehead atoms. The van der Waals surface area contributed by atoms with E-state index in [1.165, 1.54) is 7.11 Å². The zero-order chi connectivity index (χ0) is 13.0. The number of carbonyl (C=O) groups excluding carboxylic acids is 1. The molecule has 4 N–H and O–H groups in total. The molecule has 2 unspecified atom stereocenters. The van der Waals surface area contributed by atoms with Crippen LogP contribution in [-0.2, 0) is 14.3 Å². The minimum atomic E-state index is -1.39. The van der Waals surface area contributed by atoms with Gasteiger partial charge in [0.25, 0.3) is 0 Å². The Morgan fingerprint density at radius 1 is 1.41 bits per heavy atom. The molecule has 1 aliphatic heterocycles. The summed E-state index contributed by atoms with van der Waals surface area (Å²) in [5, 5.41) is 31.1. The Morgan fingerprint density at radius 2 is 2.06 bits per heavy atom. The largest absolute Gasteiger partial charge is 0.388 e. The highest BCUT2D eigenvalue weighted by molar-refractivity contribution is 5.86. The van der Waals surface area contributed by atoms with Gasteiger partial charge in [-0.2, -0.15) is 0 Å². The molecule has 0 saturated carbocycles. The number of ether oxygens (including phenoxy) is 2. The van der Waals surface area contributed by atoms with Gasteiger partial charge in [0.1, 0.15) is 24.4 Å². The number of aliphatic hydroxyl groups is 3. The predicted octanol–water partition coefficient (Wildman–Crippen LogP) is -2.26. The summed E-state index contributed by atoms with van der Waals surface area (Å²) < 4.78 is 10.0. The highest BCUT2D eigenvalue weighted by atomic mass is 16.7. The minimum Gasteiger partial charge on any atom is -0.388 e. The number of aliphatic hydroxyl groups excluding tert-OH is 3. The first-order valence-electron chi connectivity index (χ1n) is 5.14. The number of carbonyl (C=O) groups is 1. The first kappa shape index (κ1) is 14.1. The van der Waals surface area contributed by atoms with Crippen molar-refractivity contribution in [1.29, 1.82) is 0 Å². The molecule has 0 aliphatic carbocycles. The Kier molecular flexibility index (Phi) is 5.03. The summed E-state index contributed by atoms with van der Waals surface area (Å²) in [6, 6.07) is 0. The number of amides is 1. The number of nitrogens with one attached hydrogen (secondary N) is 1. The molecule has 7 heteroatoms. The highest BCUT2D eigenvalue weighted by Crippen LogP contribution is 2.21. The molecule has 17 heavy (non-hydrogen) atoms. The van der Waals surface area contributed by atoms with Gasteiger partial charge in [-0.05, 0) is 6.08 Å². The first-order valence-corrected chi connectivity index (χ1v) is 5.14. The third-order valence-corrected chi connectivity index (χ3v) is 2.56. The van der Waals surface area contributed by atoms with Crippen molar-refractivity contribution in [2.24, 2.45) is 0 Å². The second-order valence-corrected chi connectivity index (χ2v) is 3.70. The van der Waals surface area contributed by atoms with E-state index in [1.54, 1.807) is 0 Å². The maximum atomic E-state index is 10.9. The molecule has 1 aliphatic rings. The van der Waals surface area contributed by atoms with E-state index in [0.717, 1.165) is 6.08 Å². The molecule has 5 atom stereocenters. The molecule has 1 fully saturated rings. The van der Waals surface area contributed by atoms with Gasteiger partial charge >= 0.3 is 0 Å². The molecule has 0 radical (unpaired) electrons. The summed E-state index contributed by atoms with van der Waals surface area (Å²) in [5.41, 5.74) is 0. The number of methoxy groups -OCH3 is 1. The predicted molar refractivity (Wildman–Crippen MR) is 56.9 cm³/mol. The van der Waals surface area contributed by atoms with E-state index in [0.29, 0.717) is 0 Å². The molecule has 1 heterocycles. The van der Waals surface area contributed by atoms with Crippen molar-refractivity contribution in [3.8, 4) is 0 Å². The molecule has 1 saturated heterocycles. The van der Waals surface area contributed by atoms with E-state index < -0.39 is 36.6 Å². The zero-order valence-electron chi connectivity index (χ0n) is 9.44.